The summed E-state index contributed by atoms with van der Waals surface area (Å²) in [7, 11) is 0. The Bertz CT molecular complexity index is 519. The van der Waals surface area contributed by atoms with E-state index in [-0.39, 0.29) is 5.82 Å². The van der Waals surface area contributed by atoms with E-state index in [9.17, 15) is 9.50 Å². The van der Waals surface area contributed by atoms with Crippen molar-refractivity contribution in [2.24, 2.45) is 5.92 Å². The summed E-state index contributed by atoms with van der Waals surface area (Å²) in [6.07, 6.45) is 5.10. The van der Waals surface area contributed by atoms with Gasteiger partial charge in [-0.05, 0) is 43.9 Å². The van der Waals surface area contributed by atoms with Gasteiger partial charge < -0.3 is 15.7 Å². The summed E-state index contributed by atoms with van der Waals surface area (Å²) in [6, 6.07) is 3.24. The molecule has 0 radical (unpaired) electrons. The van der Waals surface area contributed by atoms with Crippen LogP contribution >= 0.6 is 0 Å². The molecule has 1 aliphatic heterocycles. The van der Waals surface area contributed by atoms with Crippen LogP contribution in [-0.4, -0.2) is 23.8 Å². The lowest BCUT2D eigenvalue weighted by Crippen LogP contribution is -2.53. The van der Waals surface area contributed by atoms with Gasteiger partial charge >= 0.3 is 0 Å². The van der Waals surface area contributed by atoms with Crippen LogP contribution in [0.25, 0.3) is 0 Å². The lowest BCUT2D eigenvalue weighted by molar-refractivity contribution is -0.0612. The molecule has 1 heterocycles. The highest BCUT2D eigenvalue weighted by Crippen LogP contribution is 2.41. The van der Waals surface area contributed by atoms with E-state index in [0.717, 1.165) is 44.5 Å². The smallest absolute Gasteiger partial charge is 0.128 e. The van der Waals surface area contributed by atoms with E-state index < -0.39 is 5.60 Å². The van der Waals surface area contributed by atoms with E-state index in [1.165, 1.54) is 12.5 Å². The Morgan fingerprint density at radius 2 is 2.15 bits per heavy atom. The molecule has 2 unspecified atom stereocenters. The second-order valence-electron chi connectivity index (χ2n) is 6.40. The van der Waals surface area contributed by atoms with Crippen LogP contribution in [0.4, 0.5) is 15.8 Å². The zero-order chi connectivity index (χ0) is 14.3. The highest BCUT2D eigenvalue weighted by atomic mass is 19.1. The summed E-state index contributed by atoms with van der Waals surface area (Å²) >= 11 is 0. The molecule has 0 aromatic heterocycles. The van der Waals surface area contributed by atoms with Gasteiger partial charge in [-0.1, -0.05) is 12.8 Å². The lowest BCUT2D eigenvalue weighted by atomic mass is 9.71. The summed E-state index contributed by atoms with van der Waals surface area (Å²) in [5, 5.41) is 10.7. The highest BCUT2D eigenvalue weighted by molar-refractivity contribution is 5.69. The highest BCUT2D eigenvalue weighted by Gasteiger charge is 2.43. The summed E-state index contributed by atoms with van der Waals surface area (Å²) in [6.45, 7) is 3.38. The van der Waals surface area contributed by atoms with Crippen molar-refractivity contribution >= 4 is 11.4 Å². The van der Waals surface area contributed by atoms with Gasteiger partial charge in [0.2, 0.25) is 0 Å². The molecule has 2 fully saturated rings. The molecule has 3 N–H and O–H groups in total. The van der Waals surface area contributed by atoms with Crippen LogP contribution in [-0.2, 0) is 0 Å². The first kappa shape index (κ1) is 13.7. The van der Waals surface area contributed by atoms with E-state index in [4.69, 9.17) is 5.73 Å². The first-order chi connectivity index (χ1) is 9.49. The van der Waals surface area contributed by atoms with E-state index in [2.05, 4.69) is 4.90 Å². The fourth-order valence-corrected chi connectivity index (χ4v) is 3.75. The van der Waals surface area contributed by atoms with Gasteiger partial charge in [-0.2, -0.15) is 0 Å². The van der Waals surface area contributed by atoms with Gasteiger partial charge in [-0.3, -0.25) is 0 Å². The van der Waals surface area contributed by atoms with Crippen molar-refractivity contribution in [3.05, 3.63) is 23.5 Å². The number of nitrogens with zero attached hydrogens (tertiary/aromatic N) is 1. The molecular formula is C16H23FN2O. The van der Waals surface area contributed by atoms with Crippen molar-refractivity contribution in [2.75, 3.05) is 23.7 Å². The van der Waals surface area contributed by atoms with Crippen molar-refractivity contribution in [3.8, 4) is 0 Å². The number of nitrogen functional groups attached to an aromatic ring is 1. The second kappa shape index (κ2) is 4.92. The lowest BCUT2D eigenvalue weighted by Gasteiger charge is -2.48. The molecule has 3 rings (SSSR count). The summed E-state index contributed by atoms with van der Waals surface area (Å²) < 4.78 is 13.5. The predicted molar refractivity (Wildman–Crippen MR) is 79.3 cm³/mol. The summed E-state index contributed by atoms with van der Waals surface area (Å²) in [5.41, 5.74) is 7.52. The normalized spacial score (nSPS) is 30.1. The van der Waals surface area contributed by atoms with Crippen LogP contribution in [0.5, 0.6) is 0 Å². The third kappa shape index (κ3) is 2.26. The van der Waals surface area contributed by atoms with Gasteiger partial charge in [-0.15, -0.1) is 0 Å². The largest absolute Gasteiger partial charge is 0.397 e. The number of halogens is 1. The Morgan fingerprint density at radius 1 is 1.35 bits per heavy atom. The van der Waals surface area contributed by atoms with Crippen molar-refractivity contribution in [3.63, 3.8) is 0 Å². The number of benzene rings is 1. The molecule has 1 saturated carbocycles. The number of hydrogen-bond donors (Lipinski definition) is 2. The van der Waals surface area contributed by atoms with E-state index >= 15 is 0 Å². The topological polar surface area (TPSA) is 49.5 Å². The number of aliphatic hydroxyl groups is 1. The van der Waals surface area contributed by atoms with Crippen molar-refractivity contribution in [1.29, 1.82) is 0 Å². The Morgan fingerprint density at radius 3 is 2.95 bits per heavy atom. The molecule has 2 atom stereocenters. The first-order valence-electron chi connectivity index (χ1n) is 7.52. The number of piperidine rings is 1. The summed E-state index contributed by atoms with van der Waals surface area (Å²) in [5.74, 6) is 0.0622. The van der Waals surface area contributed by atoms with Gasteiger partial charge in [0.15, 0.2) is 0 Å². The van der Waals surface area contributed by atoms with Gasteiger partial charge in [-0.25, -0.2) is 4.39 Å². The SMILES string of the molecule is Cc1cc(N2CCC3(O)CCCCC3C2)c(N)cc1F. The number of aryl methyl sites for hydroxylation is 1. The van der Waals surface area contributed by atoms with Crippen molar-refractivity contribution in [2.45, 2.75) is 44.6 Å². The standard InChI is InChI=1S/C16H23FN2O/c1-11-8-15(14(18)9-13(11)17)19-7-6-16(20)5-3-2-4-12(16)10-19/h8-9,12,20H,2-7,10,18H2,1H3. The van der Waals surface area contributed by atoms with Crippen LogP contribution in [0.2, 0.25) is 0 Å². The molecule has 1 aliphatic carbocycles. The molecule has 2 aliphatic rings. The Kier molecular flexibility index (Phi) is 3.36. The quantitative estimate of drug-likeness (QED) is 0.777. The molecule has 110 valence electrons. The molecule has 1 aromatic rings. The predicted octanol–water partition coefficient (Wildman–Crippen LogP) is 2.85. The average Bonchev–Trinajstić information content (AvgIpc) is 2.42. The molecule has 3 nitrogen and oxygen atoms in total. The number of hydrogen-bond acceptors (Lipinski definition) is 3. The van der Waals surface area contributed by atoms with Gasteiger partial charge in [0.1, 0.15) is 5.82 Å². The number of anilines is 2. The summed E-state index contributed by atoms with van der Waals surface area (Å²) in [4.78, 5) is 2.21. The van der Waals surface area contributed by atoms with Crippen molar-refractivity contribution in [1.82, 2.24) is 0 Å². The van der Waals surface area contributed by atoms with Gasteiger partial charge in [0.25, 0.3) is 0 Å². The van der Waals surface area contributed by atoms with E-state index in [1.807, 2.05) is 6.07 Å². The Balaban J connectivity index is 1.84. The second-order valence-corrected chi connectivity index (χ2v) is 6.40. The maximum absolute atomic E-state index is 13.5. The number of rotatable bonds is 1. The third-order valence-corrected chi connectivity index (χ3v) is 5.08. The van der Waals surface area contributed by atoms with E-state index in [1.54, 1.807) is 6.92 Å². The molecule has 1 aromatic carbocycles. The minimum Gasteiger partial charge on any atom is -0.397 e. The first-order valence-corrected chi connectivity index (χ1v) is 7.52. The van der Waals surface area contributed by atoms with E-state index in [0.29, 0.717) is 17.2 Å². The Hall–Kier alpha value is -1.29. The maximum atomic E-state index is 13.5. The molecule has 0 spiro atoms. The number of nitrogens with two attached hydrogens (primary N) is 1. The minimum absolute atomic E-state index is 0.252. The zero-order valence-electron chi connectivity index (χ0n) is 12.0. The van der Waals surface area contributed by atoms with Crippen LogP contribution < -0.4 is 10.6 Å². The van der Waals surface area contributed by atoms with Crippen LogP contribution in [0, 0.1) is 18.7 Å². The number of fused-ring (bicyclic) bond motifs is 1. The van der Waals surface area contributed by atoms with Gasteiger partial charge in [0, 0.05) is 19.0 Å². The molecule has 1 saturated heterocycles. The molecule has 4 heteroatoms. The van der Waals surface area contributed by atoms with Gasteiger partial charge in [0.05, 0.1) is 17.0 Å². The molecule has 20 heavy (non-hydrogen) atoms. The minimum atomic E-state index is -0.488. The van der Waals surface area contributed by atoms with Crippen molar-refractivity contribution < 1.29 is 9.50 Å². The molecule has 0 bridgehead atoms. The Labute approximate surface area is 119 Å². The molecule has 0 amide bonds. The zero-order valence-corrected chi connectivity index (χ0v) is 12.0. The van der Waals surface area contributed by atoms with Crippen LogP contribution in [0.3, 0.4) is 0 Å². The average molecular weight is 278 g/mol. The van der Waals surface area contributed by atoms with Crippen LogP contribution in [0.15, 0.2) is 12.1 Å². The fraction of sp³-hybridized carbons (Fsp3) is 0.625. The third-order valence-electron chi connectivity index (χ3n) is 5.08. The van der Waals surface area contributed by atoms with Crippen LogP contribution in [0.1, 0.15) is 37.7 Å². The fourth-order valence-electron chi connectivity index (χ4n) is 3.75. The monoisotopic (exact) mass is 278 g/mol. The molecular weight excluding hydrogens is 255 g/mol. The maximum Gasteiger partial charge on any atom is 0.128 e.